The van der Waals surface area contributed by atoms with Crippen LogP contribution >= 0.6 is 11.6 Å². The largest absolute Gasteiger partial charge is 0.292 e. The Morgan fingerprint density at radius 3 is 2.82 bits per heavy atom. The Labute approximate surface area is 104 Å². The highest BCUT2D eigenvalue weighted by molar-refractivity contribution is 6.16. The van der Waals surface area contributed by atoms with Crippen LogP contribution in [0.2, 0.25) is 0 Å². The maximum Gasteiger partial charge on any atom is 0.261 e. The molecule has 17 heavy (non-hydrogen) atoms. The van der Waals surface area contributed by atoms with E-state index in [1.54, 1.807) is 4.57 Å². The quantitative estimate of drug-likeness (QED) is 0.766. The van der Waals surface area contributed by atoms with Gasteiger partial charge in [0.05, 0.1) is 16.8 Å². The van der Waals surface area contributed by atoms with Crippen LogP contribution < -0.4 is 5.56 Å². The maximum atomic E-state index is 12.4. The molecule has 0 bridgehead atoms. The average Bonchev–Trinajstić information content (AvgIpc) is 3.05. The van der Waals surface area contributed by atoms with Crippen LogP contribution in [0.15, 0.2) is 29.1 Å². The predicted molar refractivity (Wildman–Crippen MR) is 68.4 cm³/mol. The fourth-order valence-corrected chi connectivity index (χ4v) is 2.48. The Balaban J connectivity index is 2.32. The summed E-state index contributed by atoms with van der Waals surface area (Å²) in [5.74, 6) is 1.52. The summed E-state index contributed by atoms with van der Waals surface area (Å²) in [6, 6.07) is 7.72. The number of alkyl halides is 1. The fraction of sp³-hybridized carbons (Fsp3) is 0.385. The normalized spacial score (nSPS) is 22.9. The van der Waals surface area contributed by atoms with Crippen molar-refractivity contribution in [1.82, 2.24) is 9.55 Å². The van der Waals surface area contributed by atoms with Gasteiger partial charge >= 0.3 is 0 Å². The molecular formula is C13H13ClN2O. The number of rotatable bonds is 2. The summed E-state index contributed by atoms with van der Waals surface area (Å²) in [7, 11) is 0. The minimum Gasteiger partial charge on any atom is -0.292 e. The third kappa shape index (κ3) is 1.65. The van der Waals surface area contributed by atoms with E-state index in [1.165, 1.54) is 0 Å². The van der Waals surface area contributed by atoms with E-state index in [0.29, 0.717) is 17.1 Å². The summed E-state index contributed by atoms with van der Waals surface area (Å²) >= 11 is 5.90. The van der Waals surface area contributed by atoms with E-state index in [-0.39, 0.29) is 17.5 Å². The van der Waals surface area contributed by atoms with Gasteiger partial charge in [-0.3, -0.25) is 9.36 Å². The molecule has 1 heterocycles. The van der Waals surface area contributed by atoms with E-state index in [4.69, 9.17) is 11.6 Å². The second kappa shape index (κ2) is 3.84. The number of benzene rings is 1. The van der Waals surface area contributed by atoms with Crippen molar-refractivity contribution >= 4 is 22.5 Å². The molecule has 0 radical (unpaired) electrons. The number of hydrogen-bond acceptors (Lipinski definition) is 2. The van der Waals surface area contributed by atoms with Crippen molar-refractivity contribution in [1.29, 1.82) is 0 Å². The topological polar surface area (TPSA) is 34.9 Å². The van der Waals surface area contributed by atoms with E-state index in [2.05, 4.69) is 11.9 Å². The van der Waals surface area contributed by atoms with Crippen LogP contribution in [0, 0.1) is 5.92 Å². The van der Waals surface area contributed by atoms with E-state index < -0.39 is 0 Å². The van der Waals surface area contributed by atoms with E-state index in [9.17, 15) is 4.79 Å². The van der Waals surface area contributed by atoms with Crippen molar-refractivity contribution in [3.05, 3.63) is 40.4 Å². The molecule has 1 aromatic heterocycles. The number of nitrogens with zero attached hydrogens (tertiary/aromatic N) is 2. The molecule has 1 saturated carbocycles. The molecule has 0 aliphatic heterocycles. The molecule has 0 saturated heterocycles. The Hall–Kier alpha value is -1.35. The maximum absolute atomic E-state index is 12.4. The minimum absolute atomic E-state index is 0.0422. The lowest BCUT2D eigenvalue weighted by atomic mass is 10.2. The van der Waals surface area contributed by atoms with E-state index in [1.807, 2.05) is 24.3 Å². The van der Waals surface area contributed by atoms with Crippen molar-refractivity contribution < 1.29 is 0 Å². The fourth-order valence-electron chi connectivity index (χ4n) is 2.29. The van der Waals surface area contributed by atoms with Gasteiger partial charge in [-0.1, -0.05) is 19.1 Å². The molecule has 1 aliphatic rings. The average molecular weight is 249 g/mol. The molecule has 2 unspecified atom stereocenters. The van der Waals surface area contributed by atoms with Gasteiger partial charge in [0.15, 0.2) is 0 Å². The van der Waals surface area contributed by atoms with Crippen LogP contribution in [0.25, 0.3) is 10.9 Å². The molecule has 4 heteroatoms. The van der Waals surface area contributed by atoms with Crippen LogP contribution in [0.5, 0.6) is 0 Å². The molecule has 3 rings (SSSR count). The first-order chi connectivity index (χ1) is 8.22. The Morgan fingerprint density at radius 1 is 1.47 bits per heavy atom. The third-order valence-electron chi connectivity index (χ3n) is 3.40. The molecule has 0 spiro atoms. The second-order valence-electron chi connectivity index (χ2n) is 4.63. The molecule has 88 valence electrons. The van der Waals surface area contributed by atoms with Gasteiger partial charge < -0.3 is 0 Å². The number of hydrogen-bond donors (Lipinski definition) is 0. The molecule has 1 fully saturated rings. The van der Waals surface area contributed by atoms with Crippen LogP contribution in [0.3, 0.4) is 0 Å². The highest BCUT2D eigenvalue weighted by atomic mass is 35.5. The number of fused-ring (bicyclic) bond motifs is 1. The molecule has 1 aliphatic carbocycles. The van der Waals surface area contributed by atoms with Gasteiger partial charge in [0, 0.05) is 6.04 Å². The highest BCUT2D eigenvalue weighted by Crippen LogP contribution is 2.42. The Morgan fingerprint density at radius 2 is 2.18 bits per heavy atom. The standard InChI is InChI=1S/C13H13ClN2O/c1-8-6-11(8)16-12(7-14)15-10-5-3-2-4-9(10)13(16)17/h2-5,8,11H,6-7H2,1H3. The second-order valence-corrected chi connectivity index (χ2v) is 4.90. The zero-order valence-corrected chi connectivity index (χ0v) is 10.3. The van der Waals surface area contributed by atoms with Crippen molar-refractivity contribution in [2.45, 2.75) is 25.3 Å². The number of aromatic nitrogens is 2. The van der Waals surface area contributed by atoms with Crippen LogP contribution in [-0.4, -0.2) is 9.55 Å². The summed E-state index contributed by atoms with van der Waals surface area (Å²) in [6.07, 6.45) is 1.05. The van der Waals surface area contributed by atoms with Gasteiger partial charge in [0.1, 0.15) is 5.82 Å². The van der Waals surface area contributed by atoms with Gasteiger partial charge in [-0.15, -0.1) is 11.6 Å². The smallest absolute Gasteiger partial charge is 0.261 e. The van der Waals surface area contributed by atoms with Crippen LogP contribution in [0.1, 0.15) is 25.2 Å². The summed E-state index contributed by atoms with van der Waals surface area (Å²) in [6.45, 7) is 2.14. The molecule has 3 nitrogen and oxygen atoms in total. The first kappa shape index (κ1) is 10.8. The Kier molecular flexibility index (Phi) is 2.44. The molecule has 0 N–H and O–H groups in total. The van der Waals surface area contributed by atoms with E-state index in [0.717, 1.165) is 11.9 Å². The monoisotopic (exact) mass is 248 g/mol. The molecule has 2 aromatic rings. The zero-order chi connectivity index (χ0) is 12.0. The lowest BCUT2D eigenvalue weighted by molar-refractivity contribution is 0.624. The van der Waals surface area contributed by atoms with Gasteiger partial charge in [-0.2, -0.15) is 0 Å². The summed E-state index contributed by atoms with van der Waals surface area (Å²) in [4.78, 5) is 16.9. The third-order valence-corrected chi connectivity index (χ3v) is 3.64. The first-order valence-electron chi connectivity index (χ1n) is 5.78. The lowest BCUT2D eigenvalue weighted by Gasteiger charge is -2.11. The van der Waals surface area contributed by atoms with Crippen molar-refractivity contribution in [2.24, 2.45) is 5.92 Å². The SMILES string of the molecule is CC1CC1n1c(CCl)nc2ccccc2c1=O. The number of para-hydroxylation sites is 1. The summed E-state index contributed by atoms with van der Waals surface area (Å²) < 4.78 is 1.78. The summed E-state index contributed by atoms with van der Waals surface area (Å²) in [5, 5.41) is 0.681. The molecule has 1 aromatic carbocycles. The molecule has 2 atom stereocenters. The van der Waals surface area contributed by atoms with Crippen molar-refractivity contribution in [3.63, 3.8) is 0 Å². The predicted octanol–water partition coefficient (Wildman–Crippen LogP) is 2.72. The van der Waals surface area contributed by atoms with Crippen molar-refractivity contribution in [3.8, 4) is 0 Å². The van der Waals surface area contributed by atoms with E-state index >= 15 is 0 Å². The van der Waals surface area contributed by atoms with Crippen LogP contribution in [-0.2, 0) is 5.88 Å². The molecular weight excluding hydrogens is 236 g/mol. The van der Waals surface area contributed by atoms with Gasteiger partial charge in [-0.05, 0) is 24.5 Å². The Bertz CT molecular complexity index is 635. The minimum atomic E-state index is 0.0422. The highest BCUT2D eigenvalue weighted by Gasteiger charge is 2.36. The lowest BCUT2D eigenvalue weighted by Crippen LogP contribution is -2.24. The van der Waals surface area contributed by atoms with Crippen LogP contribution in [0.4, 0.5) is 0 Å². The molecule has 0 amide bonds. The zero-order valence-electron chi connectivity index (χ0n) is 9.56. The van der Waals surface area contributed by atoms with Gasteiger partial charge in [-0.25, -0.2) is 4.98 Å². The number of halogens is 1. The first-order valence-corrected chi connectivity index (χ1v) is 6.32. The van der Waals surface area contributed by atoms with Gasteiger partial charge in [0.2, 0.25) is 0 Å². The van der Waals surface area contributed by atoms with Crippen molar-refractivity contribution in [2.75, 3.05) is 0 Å². The van der Waals surface area contributed by atoms with Gasteiger partial charge in [0.25, 0.3) is 5.56 Å². The summed E-state index contributed by atoms with van der Waals surface area (Å²) in [5.41, 5.74) is 0.776.